The minimum Gasteiger partial charge on any atom is -0.496 e. The van der Waals surface area contributed by atoms with E-state index in [0.717, 1.165) is 28.6 Å². The van der Waals surface area contributed by atoms with Crippen LogP contribution in [-0.2, 0) is 16.0 Å². The van der Waals surface area contributed by atoms with Crippen LogP contribution < -0.4 is 4.74 Å². The highest BCUT2D eigenvalue weighted by Crippen LogP contribution is 2.26. The van der Waals surface area contributed by atoms with E-state index in [9.17, 15) is 14.7 Å². The summed E-state index contributed by atoms with van der Waals surface area (Å²) in [6.07, 6.45) is 3.21. The van der Waals surface area contributed by atoms with Crippen LogP contribution in [0.1, 0.15) is 31.2 Å². The van der Waals surface area contributed by atoms with E-state index in [0.29, 0.717) is 25.8 Å². The number of amides is 1. The second kappa shape index (κ2) is 7.63. The van der Waals surface area contributed by atoms with Crippen molar-refractivity contribution in [2.24, 2.45) is 0 Å². The van der Waals surface area contributed by atoms with Gasteiger partial charge in [-0.3, -0.25) is 4.79 Å². The molecule has 0 aromatic heterocycles. The van der Waals surface area contributed by atoms with Crippen LogP contribution in [0.2, 0.25) is 0 Å². The highest BCUT2D eigenvalue weighted by molar-refractivity contribution is 9.10. The van der Waals surface area contributed by atoms with Crippen LogP contribution in [0, 0.1) is 0 Å². The van der Waals surface area contributed by atoms with Crippen LogP contribution in [-0.4, -0.2) is 41.6 Å². The number of hydrogen-bond donors (Lipinski definition) is 1. The Kier molecular flexibility index (Phi) is 5.83. The molecule has 0 spiro atoms. The molecular weight excluding hydrogens is 350 g/mol. The van der Waals surface area contributed by atoms with Gasteiger partial charge >= 0.3 is 5.97 Å². The van der Waals surface area contributed by atoms with Gasteiger partial charge in [0, 0.05) is 13.0 Å². The second-order valence-corrected chi connectivity index (χ2v) is 6.26. The highest BCUT2D eigenvalue weighted by Gasteiger charge is 2.31. The lowest BCUT2D eigenvalue weighted by Crippen LogP contribution is -2.48. The fraction of sp³-hybridized carbons (Fsp3) is 0.500. The molecule has 1 fully saturated rings. The molecule has 1 amide bonds. The number of benzene rings is 1. The number of aliphatic carboxylic acids is 1. The fourth-order valence-corrected chi connectivity index (χ4v) is 3.34. The molecular formula is C16H20BrNO4. The molecule has 1 aliphatic rings. The zero-order chi connectivity index (χ0) is 16.1. The monoisotopic (exact) mass is 369 g/mol. The fourth-order valence-electron chi connectivity index (χ4n) is 2.75. The Balaban J connectivity index is 1.96. The number of ether oxygens (including phenoxy) is 1. The number of hydrogen-bond acceptors (Lipinski definition) is 3. The maximum atomic E-state index is 12.3. The van der Waals surface area contributed by atoms with Gasteiger partial charge in [-0.05, 0) is 59.3 Å². The summed E-state index contributed by atoms with van der Waals surface area (Å²) >= 11 is 3.42. The van der Waals surface area contributed by atoms with E-state index < -0.39 is 12.0 Å². The van der Waals surface area contributed by atoms with E-state index >= 15 is 0 Å². The first-order valence-electron chi connectivity index (χ1n) is 7.37. The number of carboxylic acids is 1. The highest BCUT2D eigenvalue weighted by atomic mass is 79.9. The van der Waals surface area contributed by atoms with E-state index in [2.05, 4.69) is 15.9 Å². The van der Waals surface area contributed by atoms with Crippen molar-refractivity contribution >= 4 is 27.8 Å². The molecule has 1 unspecified atom stereocenters. The smallest absolute Gasteiger partial charge is 0.326 e. The zero-order valence-electron chi connectivity index (χ0n) is 12.5. The zero-order valence-corrected chi connectivity index (χ0v) is 14.1. The SMILES string of the molecule is COc1ccc(CCC(=O)N2CCCCC2C(=O)O)cc1Br. The molecule has 0 bridgehead atoms. The Labute approximate surface area is 138 Å². The van der Waals surface area contributed by atoms with Gasteiger partial charge in [0.1, 0.15) is 11.8 Å². The normalized spacial score (nSPS) is 18.1. The van der Waals surface area contributed by atoms with Gasteiger partial charge in [-0.25, -0.2) is 4.79 Å². The summed E-state index contributed by atoms with van der Waals surface area (Å²) in [6.45, 7) is 0.544. The molecule has 1 saturated heterocycles. The average Bonchev–Trinajstić information content (AvgIpc) is 2.52. The Morgan fingerprint density at radius 3 is 2.82 bits per heavy atom. The minimum absolute atomic E-state index is 0.0842. The van der Waals surface area contributed by atoms with Crippen molar-refractivity contribution in [1.29, 1.82) is 0 Å². The molecule has 1 heterocycles. The number of piperidine rings is 1. The predicted molar refractivity (Wildman–Crippen MR) is 86.0 cm³/mol. The lowest BCUT2D eigenvalue weighted by molar-refractivity contribution is -0.152. The van der Waals surface area contributed by atoms with Crippen molar-refractivity contribution in [1.82, 2.24) is 4.90 Å². The summed E-state index contributed by atoms with van der Waals surface area (Å²) in [5.74, 6) is -0.240. The Morgan fingerprint density at radius 1 is 1.41 bits per heavy atom. The molecule has 0 aliphatic carbocycles. The van der Waals surface area contributed by atoms with Crippen LogP contribution in [0.15, 0.2) is 22.7 Å². The topological polar surface area (TPSA) is 66.8 Å². The minimum atomic E-state index is -0.903. The third-order valence-corrected chi connectivity index (χ3v) is 4.57. The molecule has 5 nitrogen and oxygen atoms in total. The van der Waals surface area contributed by atoms with Crippen molar-refractivity contribution in [3.63, 3.8) is 0 Å². The Bertz CT molecular complexity index is 561. The molecule has 1 aliphatic heterocycles. The van der Waals surface area contributed by atoms with Gasteiger partial charge in [-0.1, -0.05) is 6.07 Å². The summed E-state index contributed by atoms with van der Waals surface area (Å²) in [7, 11) is 1.60. The van der Waals surface area contributed by atoms with Gasteiger partial charge in [0.25, 0.3) is 0 Å². The predicted octanol–water partition coefficient (Wildman–Crippen LogP) is 2.86. The van der Waals surface area contributed by atoms with Gasteiger partial charge in [0.05, 0.1) is 11.6 Å². The maximum Gasteiger partial charge on any atom is 0.326 e. The number of carbonyl (C=O) groups excluding carboxylic acids is 1. The Morgan fingerprint density at radius 2 is 2.18 bits per heavy atom. The number of halogens is 1. The molecule has 1 N–H and O–H groups in total. The van der Waals surface area contributed by atoms with Crippen LogP contribution in [0.4, 0.5) is 0 Å². The van der Waals surface area contributed by atoms with E-state index in [4.69, 9.17) is 4.74 Å². The summed E-state index contributed by atoms with van der Waals surface area (Å²) in [5.41, 5.74) is 1.02. The largest absolute Gasteiger partial charge is 0.496 e. The van der Waals surface area contributed by atoms with Gasteiger partial charge < -0.3 is 14.7 Å². The first-order chi connectivity index (χ1) is 10.5. The molecule has 2 rings (SSSR count). The van der Waals surface area contributed by atoms with E-state index in [1.807, 2.05) is 18.2 Å². The molecule has 0 radical (unpaired) electrons. The quantitative estimate of drug-likeness (QED) is 0.866. The van der Waals surface area contributed by atoms with Crippen molar-refractivity contribution in [3.05, 3.63) is 28.2 Å². The van der Waals surface area contributed by atoms with Crippen molar-refractivity contribution in [2.45, 2.75) is 38.1 Å². The third-order valence-electron chi connectivity index (χ3n) is 3.95. The summed E-state index contributed by atoms with van der Waals surface area (Å²) in [6, 6.07) is 5.03. The van der Waals surface area contributed by atoms with E-state index in [1.165, 1.54) is 4.90 Å². The van der Waals surface area contributed by atoms with Crippen molar-refractivity contribution in [2.75, 3.05) is 13.7 Å². The summed E-state index contributed by atoms with van der Waals surface area (Å²) < 4.78 is 6.02. The Hall–Kier alpha value is -1.56. The number of likely N-dealkylation sites (tertiary alicyclic amines) is 1. The van der Waals surface area contributed by atoms with Gasteiger partial charge in [0.15, 0.2) is 0 Å². The molecule has 22 heavy (non-hydrogen) atoms. The number of nitrogens with zero attached hydrogens (tertiary/aromatic N) is 1. The number of carboxylic acid groups (broad SMARTS) is 1. The lowest BCUT2D eigenvalue weighted by Gasteiger charge is -2.33. The molecule has 1 atom stereocenters. The number of rotatable bonds is 5. The van der Waals surface area contributed by atoms with E-state index in [-0.39, 0.29) is 5.91 Å². The first-order valence-corrected chi connectivity index (χ1v) is 8.17. The molecule has 1 aromatic rings. The number of methoxy groups -OCH3 is 1. The van der Waals surface area contributed by atoms with Crippen LogP contribution in [0.25, 0.3) is 0 Å². The van der Waals surface area contributed by atoms with Gasteiger partial charge in [0.2, 0.25) is 5.91 Å². The van der Waals surface area contributed by atoms with Gasteiger partial charge in [-0.15, -0.1) is 0 Å². The van der Waals surface area contributed by atoms with Crippen LogP contribution >= 0.6 is 15.9 Å². The van der Waals surface area contributed by atoms with Crippen LogP contribution in [0.3, 0.4) is 0 Å². The van der Waals surface area contributed by atoms with Crippen LogP contribution in [0.5, 0.6) is 5.75 Å². The molecule has 1 aromatic carbocycles. The van der Waals surface area contributed by atoms with E-state index in [1.54, 1.807) is 7.11 Å². The lowest BCUT2D eigenvalue weighted by atomic mass is 10.0. The second-order valence-electron chi connectivity index (χ2n) is 5.41. The average molecular weight is 370 g/mol. The molecule has 0 saturated carbocycles. The standard InChI is InChI=1S/C16H20BrNO4/c1-22-14-7-5-11(10-12(14)17)6-8-15(19)18-9-3-2-4-13(18)16(20)21/h5,7,10,13H,2-4,6,8-9H2,1H3,(H,20,21). The molecule has 120 valence electrons. The number of aryl methyl sites for hydroxylation is 1. The van der Waals surface area contributed by atoms with Crippen molar-refractivity contribution < 1.29 is 19.4 Å². The maximum absolute atomic E-state index is 12.3. The van der Waals surface area contributed by atoms with Crippen molar-refractivity contribution in [3.8, 4) is 5.75 Å². The number of carbonyl (C=O) groups is 2. The molecule has 6 heteroatoms. The van der Waals surface area contributed by atoms with Gasteiger partial charge in [-0.2, -0.15) is 0 Å². The summed E-state index contributed by atoms with van der Waals surface area (Å²) in [5, 5.41) is 9.22. The summed E-state index contributed by atoms with van der Waals surface area (Å²) in [4.78, 5) is 25.1. The third kappa shape index (κ3) is 4.00. The first kappa shape index (κ1) is 16.8.